The Morgan fingerprint density at radius 3 is 2.34 bits per heavy atom. The van der Waals surface area contributed by atoms with E-state index in [0.717, 1.165) is 16.9 Å². The first-order chi connectivity index (χ1) is 17.1. The van der Waals surface area contributed by atoms with Gasteiger partial charge in [0.2, 0.25) is 11.1 Å². The fourth-order valence-electron chi connectivity index (χ4n) is 3.93. The zero-order valence-corrected chi connectivity index (χ0v) is 20.6. The van der Waals surface area contributed by atoms with Gasteiger partial charge in [0.25, 0.3) is 0 Å². The minimum Gasteiger partial charge on any atom is -0.457 e. The van der Waals surface area contributed by atoms with Gasteiger partial charge in [-0.15, -0.1) is 5.10 Å². The molecule has 0 aliphatic carbocycles. The Hall–Kier alpha value is -3.55. The Labute approximate surface area is 213 Å². The molecule has 1 aliphatic heterocycles. The van der Waals surface area contributed by atoms with E-state index in [1.54, 1.807) is 16.4 Å². The van der Waals surface area contributed by atoms with Gasteiger partial charge in [-0.1, -0.05) is 96.2 Å². The zero-order chi connectivity index (χ0) is 24.2. The number of ether oxygens (including phenoxy) is 1. The number of rotatable bonds is 7. The molecular weight excluding hydrogens is 480 g/mol. The highest BCUT2D eigenvalue weighted by Crippen LogP contribution is 2.37. The number of nitrogens with one attached hydrogen (secondary N) is 1. The molecule has 1 N–H and O–H groups in total. The lowest BCUT2D eigenvalue weighted by atomic mass is 9.96. The molecule has 0 bridgehead atoms. The average molecular weight is 503 g/mol. The molecule has 3 aromatic carbocycles. The van der Waals surface area contributed by atoms with E-state index in [2.05, 4.69) is 22.4 Å². The Kier molecular flexibility index (Phi) is 6.88. The summed E-state index contributed by atoms with van der Waals surface area (Å²) >= 11 is 7.69. The Balaban J connectivity index is 1.45. The number of anilines is 1. The molecule has 8 heteroatoms. The molecule has 0 saturated heterocycles. The molecule has 0 saturated carbocycles. The minimum atomic E-state index is -0.495. The van der Waals surface area contributed by atoms with Crippen LogP contribution in [0.15, 0.2) is 101 Å². The molecule has 1 atom stereocenters. The van der Waals surface area contributed by atoms with Crippen LogP contribution in [-0.4, -0.2) is 20.7 Å². The molecular formula is C27H23ClN4O2S. The third-order valence-electron chi connectivity index (χ3n) is 5.66. The van der Waals surface area contributed by atoms with Crippen LogP contribution in [0.2, 0.25) is 5.02 Å². The van der Waals surface area contributed by atoms with E-state index < -0.39 is 12.0 Å². The van der Waals surface area contributed by atoms with Gasteiger partial charge in [-0.25, -0.2) is 9.48 Å². The summed E-state index contributed by atoms with van der Waals surface area (Å²) < 4.78 is 7.46. The number of thioether (sulfide) groups is 1. The lowest BCUT2D eigenvalue weighted by Crippen LogP contribution is -2.29. The molecule has 0 spiro atoms. The highest BCUT2D eigenvalue weighted by molar-refractivity contribution is 7.98. The SMILES string of the molecule is CC1=C(C(=O)OCc2ccccc2)C(c2ccc(Cl)cc2)n2nc(SCc3ccccc3)nc2N1. The van der Waals surface area contributed by atoms with Crippen LogP contribution in [0.25, 0.3) is 0 Å². The standard InChI is InChI=1S/C27H23ClN4O2S/c1-18-23(25(33)34-16-19-8-4-2-5-9-19)24(21-12-14-22(28)15-13-21)32-26(29-18)30-27(31-32)35-17-20-10-6-3-7-11-20/h2-15,24H,16-17H2,1H3,(H,29,30,31). The van der Waals surface area contributed by atoms with Crippen LogP contribution < -0.4 is 5.32 Å². The normalized spacial score (nSPS) is 14.9. The summed E-state index contributed by atoms with van der Waals surface area (Å²) in [5.74, 6) is 0.921. The molecule has 2 heterocycles. The van der Waals surface area contributed by atoms with E-state index in [1.807, 2.05) is 79.7 Å². The Bertz CT molecular complexity index is 1360. The molecule has 0 amide bonds. The van der Waals surface area contributed by atoms with Crippen molar-refractivity contribution in [2.24, 2.45) is 0 Å². The van der Waals surface area contributed by atoms with Crippen LogP contribution in [-0.2, 0) is 21.9 Å². The second kappa shape index (κ2) is 10.4. The van der Waals surface area contributed by atoms with Crippen molar-refractivity contribution in [2.45, 2.75) is 30.5 Å². The molecule has 0 fully saturated rings. The predicted molar refractivity (Wildman–Crippen MR) is 138 cm³/mol. The number of benzene rings is 3. The van der Waals surface area contributed by atoms with Crippen molar-refractivity contribution < 1.29 is 9.53 Å². The number of allylic oxidation sites excluding steroid dienone is 1. The van der Waals surface area contributed by atoms with E-state index in [0.29, 0.717) is 27.4 Å². The van der Waals surface area contributed by atoms with Crippen LogP contribution in [0.1, 0.15) is 29.7 Å². The molecule has 5 rings (SSSR count). The largest absolute Gasteiger partial charge is 0.457 e. The monoisotopic (exact) mass is 502 g/mol. The second-order valence-corrected chi connectivity index (χ2v) is 9.50. The van der Waals surface area contributed by atoms with Gasteiger partial charge in [0, 0.05) is 16.5 Å². The van der Waals surface area contributed by atoms with Crippen molar-refractivity contribution in [1.29, 1.82) is 0 Å². The highest BCUT2D eigenvalue weighted by Gasteiger charge is 2.35. The van der Waals surface area contributed by atoms with E-state index in [9.17, 15) is 4.79 Å². The van der Waals surface area contributed by atoms with Crippen LogP contribution in [0, 0.1) is 0 Å². The van der Waals surface area contributed by atoms with Crippen molar-refractivity contribution >= 4 is 35.3 Å². The molecule has 1 unspecified atom stereocenters. The van der Waals surface area contributed by atoms with Crippen LogP contribution in [0.4, 0.5) is 5.95 Å². The Morgan fingerprint density at radius 1 is 1.00 bits per heavy atom. The first-order valence-electron chi connectivity index (χ1n) is 11.2. The molecule has 4 aromatic rings. The molecule has 176 valence electrons. The topological polar surface area (TPSA) is 69.0 Å². The fourth-order valence-corrected chi connectivity index (χ4v) is 4.84. The van der Waals surface area contributed by atoms with E-state index in [-0.39, 0.29) is 6.61 Å². The highest BCUT2D eigenvalue weighted by atomic mass is 35.5. The maximum absolute atomic E-state index is 13.3. The second-order valence-electron chi connectivity index (χ2n) is 8.12. The first-order valence-corrected chi connectivity index (χ1v) is 12.5. The van der Waals surface area contributed by atoms with Gasteiger partial charge in [0.05, 0.1) is 5.57 Å². The number of halogens is 1. The third-order valence-corrected chi connectivity index (χ3v) is 6.82. The number of fused-ring (bicyclic) bond motifs is 1. The average Bonchev–Trinajstić information content (AvgIpc) is 3.29. The lowest BCUT2D eigenvalue weighted by molar-refractivity contribution is -0.140. The zero-order valence-electron chi connectivity index (χ0n) is 19.0. The summed E-state index contributed by atoms with van der Waals surface area (Å²) in [5.41, 5.74) is 4.15. The van der Waals surface area contributed by atoms with Crippen LogP contribution in [0.5, 0.6) is 0 Å². The fraction of sp³-hybridized carbons (Fsp3) is 0.148. The van der Waals surface area contributed by atoms with Gasteiger partial charge in [-0.05, 0) is 35.7 Å². The van der Waals surface area contributed by atoms with Crippen molar-refractivity contribution in [2.75, 3.05) is 5.32 Å². The molecule has 1 aromatic heterocycles. The number of aromatic nitrogens is 3. The van der Waals surface area contributed by atoms with E-state index in [4.69, 9.17) is 21.4 Å². The van der Waals surface area contributed by atoms with Gasteiger partial charge < -0.3 is 10.1 Å². The number of esters is 1. The summed E-state index contributed by atoms with van der Waals surface area (Å²) in [6, 6.07) is 26.7. The van der Waals surface area contributed by atoms with Crippen molar-refractivity contribution in [1.82, 2.24) is 14.8 Å². The first kappa shape index (κ1) is 23.2. The summed E-state index contributed by atoms with van der Waals surface area (Å²) in [5, 5.41) is 9.26. The van der Waals surface area contributed by atoms with Crippen molar-refractivity contribution in [3.63, 3.8) is 0 Å². The lowest BCUT2D eigenvalue weighted by Gasteiger charge is -2.28. The maximum atomic E-state index is 13.3. The van der Waals surface area contributed by atoms with Crippen molar-refractivity contribution in [3.8, 4) is 0 Å². The van der Waals surface area contributed by atoms with E-state index >= 15 is 0 Å². The van der Waals surface area contributed by atoms with Crippen molar-refractivity contribution in [3.05, 3.63) is 118 Å². The van der Waals surface area contributed by atoms with Gasteiger partial charge in [0.1, 0.15) is 12.6 Å². The molecule has 0 radical (unpaired) electrons. The minimum absolute atomic E-state index is 0.187. The smallest absolute Gasteiger partial charge is 0.338 e. The number of hydrogen-bond donors (Lipinski definition) is 1. The van der Waals surface area contributed by atoms with Gasteiger partial charge in [0.15, 0.2) is 0 Å². The van der Waals surface area contributed by atoms with Crippen LogP contribution in [0.3, 0.4) is 0 Å². The molecule has 35 heavy (non-hydrogen) atoms. The number of hydrogen-bond acceptors (Lipinski definition) is 6. The summed E-state index contributed by atoms with van der Waals surface area (Å²) in [4.78, 5) is 18.0. The van der Waals surface area contributed by atoms with Gasteiger partial charge in [-0.2, -0.15) is 4.98 Å². The quantitative estimate of drug-likeness (QED) is 0.238. The molecule has 6 nitrogen and oxygen atoms in total. The summed E-state index contributed by atoms with van der Waals surface area (Å²) in [7, 11) is 0. The Morgan fingerprint density at radius 2 is 1.66 bits per heavy atom. The summed E-state index contributed by atoms with van der Waals surface area (Å²) in [6.45, 7) is 2.04. The molecule has 1 aliphatic rings. The van der Waals surface area contributed by atoms with E-state index in [1.165, 1.54) is 5.56 Å². The van der Waals surface area contributed by atoms with Crippen LogP contribution >= 0.6 is 23.4 Å². The predicted octanol–water partition coefficient (Wildman–Crippen LogP) is 6.26. The maximum Gasteiger partial charge on any atom is 0.338 e. The van der Waals surface area contributed by atoms with Gasteiger partial charge >= 0.3 is 5.97 Å². The summed E-state index contributed by atoms with van der Waals surface area (Å²) in [6.07, 6.45) is 0. The number of nitrogens with zero attached hydrogens (tertiary/aromatic N) is 3. The number of carbonyl (C=O) groups is 1. The third kappa shape index (κ3) is 5.26. The number of carbonyl (C=O) groups excluding carboxylic acids is 1. The van der Waals surface area contributed by atoms with Gasteiger partial charge in [-0.3, -0.25) is 0 Å².